The molecule has 3 heterocycles. The molecule has 3 aromatic rings. The number of hydrogen-bond acceptors (Lipinski definition) is 4. The Morgan fingerprint density at radius 3 is 2.52 bits per heavy atom. The number of fused-ring (bicyclic) bond motifs is 1. The molecule has 0 unspecified atom stereocenters. The molecule has 5 nitrogen and oxygen atoms in total. The van der Waals surface area contributed by atoms with E-state index in [2.05, 4.69) is 74.4 Å². The molecule has 5 heteroatoms. The minimum atomic E-state index is 0.786. The highest BCUT2D eigenvalue weighted by Gasteiger charge is 2.27. The Morgan fingerprint density at radius 2 is 1.69 bits per heavy atom. The Bertz CT molecular complexity index is 943. The van der Waals surface area contributed by atoms with Gasteiger partial charge in [0.2, 0.25) is 0 Å². The molecule has 1 N–H and O–H groups in total. The summed E-state index contributed by atoms with van der Waals surface area (Å²) in [5.41, 5.74) is 3.72. The van der Waals surface area contributed by atoms with Crippen molar-refractivity contribution in [2.24, 2.45) is 0 Å². The second-order valence-corrected chi connectivity index (χ2v) is 8.64. The summed E-state index contributed by atoms with van der Waals surface area (Å²) < 4.78 is 0. The molecule has 1 aromatic heterocycles. The summed E-state index contributed by atoms with van der Waals surface area (Å²) in [6, 6.07) is 15.9. The molecule has 2 aromatic carbocycles. The highest BCUT2D eigenvalue weighted by atomic mass is 15.3. The predicted molar refractivity (Wildman–Crippen MR) is 119 cm³/mol. The van der Waals surface area contributed by atoms with Gasteiger partial charge in [-0.05, 0) is 43.8 Å². The molecule has 5 rings (SSSR count). The summed E-state index contributed by atoms with van der Waals surface area (Å²) in [5, 5.41) is 10.2. The Morgan fingerprint density at radius 1 is 0.931 bits per heavy atom. The van der Waals surface area contributed by atoms with Crippen LogP contribution in [0.15, 0.2) is 48.7 Å². The van der Waals surface area contributed by atoms with Crippen LogP contribution in [-0.4, -0.2) is 77.3 Å². The van der Waals surface area contributed by atoms with Crippen LogP contribution in [0.2, 0.25) is 0 Å². The first kappa shape index (κ1) is 18.8. The van der Waals surface area contributed by atoms with E-state index >= 15 is 0 Å². The number of aromatic nitrogens is 2. The van der Waals surface area contributed by atoms with Crippen molar-refractivity contribution in [3.05, 3.63) is 54.2 Å². The standard InChI is InChI=1S/C24H31N5/c1-27-11-9-21(10-12-27)29-15-13-28(14-16-29)18-20-17-25-26-24(20)23-8-4-6-19-5-2-3-7-22(19)23/h2-8,17,21H,9-16,18H2,1H3,(H,25,26). The molecule has 0 saturated carbocycles. The lowest BCUT2D eigenvalue weighted by Crippen LogP contribution is -2.52. The zero-order valence-corrected chi connectivity index (χ0v) is 17.3. The van der Waals surface area contributed by atoms with E-state index in [1.54, 1.807) is 0 Å². The summed E-state index contributed by atoms with van der Waals surface area (Å²) in [6.07, 6.45) is 4.66. The lowest BCUT2D eigenvalue weighted by Gasteiger charge is -2.42. The monoisotopic (exact) mass is 389 g/mol. The molecule has 0 bridgehead atoms. The average molecular weight is 390 g/mol. The summed E-state index contributed by atoms with van der Waals surface area (Å²) in [5.74, 6) is 0. The Balaban J connectivity index is 1.27. The van der Waals surface area contributed by atoms with Crippen molar-refractivity contribution in [1.29, 1.82) is 0 Å². The first-order chi connectivity index (χ1) is 14.3. The average Bonchev–Trinajstić information content (AvgIpc) is 3.22. The maximum absolute atomic E-state index is 4.40. The van der Waals surface area contributed by atoms with Crippen LogP contribution in [0.4, 0.5) is 0 Å². The molecule has 2 fully saturated rings. The second kappa shape index (κ2) is 8.27. The van der Waals surface area contributed by atoms with Crippen molar-refractivity contribution in [3.63, 3.8) is 0 Å². The normalized spacial score (nSPS) is 20.4. The van der Waals surface area contributed by atoms with Gasteiger partial charge in [-0.1, -0.05) is 42.5 Å². The number of H-pyrrole nitrogens is 1. The van der Waals surface area contributed by atoms with E-state index in [0.717, 1.165) is 25.7 Å². The van der Waals surface area contributed by atoms with Crippen LogP contribution in [0.25, 0.3) is 22.0 Å². The molecule has 2 saturated heterocycles. The van der Waals surface area contributed by atoms with Crippen molar-refractivity contribution in [2.75, 3.05) is 46.3 Å². The van der Waals surface area contributed by atoms with E-state index in [-0.39, 0.29) is 0 Å². The topological polar surface area (TPSA) is 38.4 Å². The molecular formula is C24H31N5. The number of hydrogen-bond donors (Lipinski definition) is 1. The maximum atomic E-state index is 4.40. The fraction of sp³-hybridized carbons (Fsp3) is 0.458. The van der Waals surface area contributed by atoms with E-state index in [4.69, 9.17) is 0 Å². The third kappa shape index (κ3) is 3.95. The SMILES string of the molecule is CN1CCC(N2CCN(Cc3cn[nH]c3-c3cccc4ccccc34)CC2)CC1. The van der Waals surface area contributed by atoms with Crippen molar-refractivity contribution >= 4 is 10.8 Å². The van der Waals surface area contributed by atoms with Gasteiger partial charge >= 0.3 is 0 Å². The van der Waals surface area contributed by atoms with Crippen LogP contribution in [0.3, 0.4) is 0 Å². The molecule has 0 atom stereocenters. The largest absolute Gasteiger partial charge is 0.306 e. The van der Waals surface area contributed by atoms with Gasteiger partial charge in [0.15, 0.2) is 0 Å². The quantitative estimate of drug-likeness (QED) is 0.742. The number of likely N-dealkylation sites (tertiary alicyclic amines) is 1. The van der Waals surface area contributed by atoms with Crippen molar-refractivity contribution < 1.29 is 0 Å². The molecule has 0 aliphatic carbocycles. The zero-order valence-electron chi connectivity index (χ0n) is 17.3. The minimum Gasteiger partial charge on any atom is -0.306 e. The molecule has 2 aliphatic rings. The van der Waals surface area contributed by atoms with Gasteiger partial charge in [-0.2, -0.15) is 5.10 Å². The molecule has 2 aliphatic heterocycles. The first-order valence-corrected chi connectivity index (χ1v) is 10.9. The van der Waals surface area contributed by atoms with Crippen LogP contribution in [0, 0.1) is 0 Å². The van der Waals surface area contributed by atoms with Crippen molar-refractivity contribution in [3.8, 4) is 11.3 Å². The van der Waals surface area contributed by atoms with Crippen LogP contribution < -0.4 is 0 Å². The number of nitrogens with one attached hydrogen (secondary N) is 1. The third-order valence-corrected chi connectivity index (χ3v) is 6.78. The summed E-state index contributed by atoms with van der Waals surface area (Å²) >= 11 is 0. The Hall–Kier alpha value is -2.21. The fourth-order valence-electron chi connectivity index (χ4n) is 5.00. The van der Waals surface area contributed by atoms with E-state index in [1.807, 2.05) is 6.20 Å². The first-order valence-electron chi connectivity index (χ1n) is 10.9. The highest BCUT2D eigenvalue weighted by Crippen LogP contribution is 2.30. The van der Waals surface area contributed by atoms with Gasteiger partial charge in [-0.25, -0.2) is 0 Å². The highest BCUT2D eigenvalue weighted by molar-refractivity contribution is 5.96. The second-order valence-electron chi connectivity index (χ2n) is 8.64. The van der Waals surface area contributed by atoms with E-state index in [9.17, 15) is 0 Å². The fourth-order valence-corrected chi connectivity index (χ4v) is 5.00. The van der Waals surface area contributed by atoms with Gasteiger partial charge in [-0.15, -0.1) is 0 Å². The summed E-state index contributed by atoms with van der Waals surface area (Å²) in [4.78, 5) is 7.77. The lowest BCUT2D eigenvalue weighted by atomic mass is 9.99. The lowest BCUT2D eigenvalue weighted by molar-refractivity contribution is 0.0619. The van der Waals surface area contributed by atoms with Gasteiger partial charge in [0.1, 0.15) is 0 Å². The molecule has 152 valence electrons. The Labute approximate surface area is 173 Å². The van der Waals surface area contributed by atoms with Gasteiger partial charge in [0, 0.05) is 49.9 Å². The molecule has 0 radical (unpaired) electrons. The van der Waals surface area contributed by atoms with E-state index in [1.165, 1.54) is 66.6 Å². The van der Waals surface area contributed by atoms with Crippen LogP contribution in [-0.2, 0) is 6.54 Å². The summed E-state index contributed by atoms with van der Waals surface area (Å²) in [6.45, 7) is 8.13. The maximum Gasteiger partial charge on any atom is 0.0701 e. The van der Waals surface area contributed by atoms with Gasteiger partial charge < -0.3 is 4.90 Å². The number of aromatic amines is 1. The molecule has 29 heavy (non-hydrogen) atoms. The number of piperazine rings is 1. The van der Waals surface area contributed by atoms with Crippen LogP contribution >= 0.6 is 0 Å². The molecule has 0 amide bonds. The van der Waals surface area contributed by atoms with Crippen molar-refractivity contribution in [1.82, 2.24) is 24.9 Å². The number of nitrogens with zero attached hydrogens (tertiary/aromatic N) is 4. The smallest absolute Gasteiger partial charge is 0.0701 e. The third-order valence-electron chi connectivity index (χ3n) is 6.78. The summed E-state index contributed by atoms with van der Waals surface area (Å²) in [7, 11) is 2.24. The van der Waals surface area contributed by atoms with Crippen LogP contribution in [0.5, 0.6) is 0 Å². The van der Waals surface area contributed by atoms with Gasteiger partial charge in [-0.3, -0.25) is 14.9 Å². The van der Waals surface area contributed by atoms with E-state index in [0.29, 0.717) is 0 Å². The minimum absolute atomic E-state index is 0.786. The predicted octanol–water partition coefficient (Wildman–Crippen LogP) is 3.44. The Kier molecular flexibility index (Phi) is 5.36. The van der Waals surface area contributed by atoms with Gasteiger partial charge in [0.05, 0.1) is 11.9 Å². The zero-order chi connectivity index (χ0) is 19.6. The van der Waals surface area contributed by atoms with Gasteiger partial charge in [0.25, 0.3) is 0 Å². The number of piperidine rings is 1. The van der Waals surface area contributed by atoms with Crippen LogP contribution in [0.1, 0.15) is 18.4 Å². The molecular weight excluding hydrogens is 358 g/mol. The van der Waals surface area contributed by atoms with E-state index < -0.39 is 0 Å². The number of benzene rings is 2. The molecule has 0 spiro atoms. The number of rotatable bonds is 4. The van der Waals surface area contributed by atoms with Crippen molar-refractivity contribution in [2.45, 2.75) is 25.4 Å².